The molecule has 25 heavy (non-hydrogen) atoms. The van der Waals surface area contributed by atoms with Gasteiger partial charge in [-0.15, -0.1) is 11.3 Å². The smallest absolute Gasteiger partial charge is 0.0374 e. The number of nitrogens with zero attached hydrogens (tertiary/aromatic N) is 1. The van der Waals surface area contributed by atoms with E-state index in [9.17, 15) is 0 Å². The van der Waals surface area contributed by atoms with Crippen LogP contribution >= 0.6 is 11.3 Å². The van der Waals surface area contributed by atoms with Gasteiger partial charge < -0.3 is 10.2 Å². The van der Waals surface area contributed by atoms with E-state index in [0.29, 0.717) is 6.04 Å². The molecule has 1 saturated heterocycles. The van der Waals surface area contributed by atoms with Crippen LogP contribution in [0.1, 0.15) is 42.2 Å². The Hall–Kier alpha value is -1.58. The van der Waals surface area contributed by atoms with Crippen LogP contribution in [0.15, 0.2) is 36.9 Å². The largest absolute Gasteiger partial charge is 0.381 e. The number of benzene rings is 1. The predicted octanol–water partition coefficient (Wildman–Crippen LogP) is 5.47. The zero-order valence-corrected chi connectivity index (χ0v) is 16.6. The Morgan fingerprint density at radius 3 is 2.64 bits per heavy atom. The van der Waals surface area contributed by atoms with Crippen LogP contribution in [0, 0.1) is 13.8 Å². The molecular weight excluding hydrogens is 324 g/mol. The van der Waals surface area contributed by atoms with Crippen LogP contribution in [0.3, 0.4) is 0 Å². The number of nitrogens with one attached hydrogen (secondary N) is 1. The Labute approximate surface area is 156 Å². The summed E-state index contributed by atoms with van der Waals surface area (Å²) in [5.41, 5.74) is 4.86. The van der Waals surface area contributed by atoms with E-state index in [1.54, 1.807) is 0 Å². The fourth-order valence-corrected chi connectivity index (χ4v) is 4.75. The zero-order valence-electron chi connectivity index (χ0n) is 15.8. The second-order valence-electron chi connectivity index (χ2n) is 7.34. The number of hydrogen-bond donors (Lipinski definition) is 1. The van der Waals surface area contributed by atoms with E-state index in [0.717, 1.165) is 12.2 Å². The van der Waals surface area contributed by atoms with Crippen LogP contribution in [0.5, 0.6) is 0 Å². The van der Waals surface area contributed by atoms with Crippen molar-refractivity contribution in [3.05, 3.63) is 52.9 Å². The lowest BCUT2D eigenvalue weighted by Crippen LogP contribution is -2.40. The summed E-state index contributed by atoms with van der Waals surface area (Å²) in [5.74, 6) is 0. The van der Waals surface area contributed by atoms with Crippen molar-refractivity contribution in [2.75, 3.05) is 19.6 Å². The summed E-state index contributed by atoms with van der Waals surface area (Å²) in [6.07, 6.45) is 4.07. The minimum atomic E-state index is 0.417. The zero-order chi connectivity index (χ0) is 17.8. The van der Waals surface area contributed by atoms with Gasteiger partial charge in [0.25, 0.3) is 0 Å². The van der Waals surface area contributed by atoms with E-state index in [1.807, 2.05) is 11.3 Å². The van der Waals surface area contributed by atoms with Gasteiger partial charge in [-0.3, -0.25) is 0 Å². The molecule has 1 aromatic carbocycles. The summed E-state index contributed by atoms with van der Waals surface area (Å²) in [4.78, 5) is 5.31. The van der Waals surface area contributed by atoms with Crippen molar-refractivity contribution in [1.29, 1.82) is 0 Å². The molecule has 134 valence electrons. The van der Waals surface area contributed by atoms with Gasteiger partial charge >= 0.3 is 0 Å². The van der Waals surface area contributed by atoms with Crippen molar-refractivity contribution >= 4 is 17.0 Å². The van der Waals surface area contributed by atoms with Gasteiger partial charge in [-0.1, -0.05) is 31.2 Å². The molecule has 1 fully saturated rings. The monoisotopic (exact) mass is 354 g/mol. The fourth-order valence-electron chi connectivity index (χ4n) is 3.73. The van der Waals surface area contributed by atoms with E-state index in [2.05, 4.69) is 67.9 Å². The molecule has 3 rings (SSSR count). The topological polar surface area (TPSA) is 15.3 Å². The molecule has 1 aliphatic rings. The Bertz CT molecular complexity index is 725. The molecule has 0 amide bonds. The molecule has 3 heteroatoms. The quantitative estimate of drug-likeness (QED) is 0.740. The number of thiophene rings is 1. The molecule has 0 radical (unpaired) electrons. The number of hydrogen-bond acceptors (Lipinski definition) is 3. The molecule has 0 spiro atoms. The van der Waals surface area contributed by atoms with Gasteiger partial charge in [-0.05, 0) is 75.5 Å². The highest BCUT2D eigenvalue weighted by Gasteiger charge is 2.14. The summed E-state index contributed by atoms with van der Waals surface area (Å²) in [5, 5.41) is 3.61. The molecule has 2 aromatic rings. The first-order valence-corrected chi connectivity index (χ1v) is 10.2. The molecule has 0 saturated carbocycles. The van der Waals surface area contributed by atoms with Crippen LogP contribution in [0.2, 0.25) is 0 Å². The van der Waals surface area contributed by atoms with E-state index in [4.69, 9.17) is 0 Å². The maximum atomic E-state index is 4.29. The van der Waals surface area contributed by atoms with Gasteiger partial charge in [0.2, 0.25) is 0 Å². The van der Waals surface area contributed by atoms with Gasteiger partial charge in [-0.2, -0.15) is 0 Å². The van der Waals surface area contributed by atoms with Crippen molar-refractivity contribution in [1.82, 2.24) is 10.2 Å². The van der Waals surface area contributed by atoms with Crippen LogP contribution in [-0.4, -0.2) is 30.6 Å². The van der Waals surface area contributed by atoms with Crippen molar-refractivity contribution in [2.24, 2.45) is 0 Å². The number of aryl methyl sites for hydroxylation is 2. The van der Waals surface area contributed by atoms with E-state index < -0.39 is 0 Å². The number of likely N-dealkylation sites (tertiary alicyclic amines) is 1. The Kier molecular flexibility index (Phi) is 5.98. The first kappa shape index (κ1) is 18.2. The summed E-state index contributed by atoms with van der Waals surface area (Å²) in [7, 11) is 0. The predicted molar refractivity (Wildman–Crippen MR) is 111 cm³/mol. The standard InChI is InChI=1S/C22H30N2S/c1-16-13-18(3)25-22(16)21-10-8-9-20(14-21)19(4)23-17(2)15-24-11-6-5-7-12-24/h8-10,13-14,17,23H,4-7,11-12,15H2,1-3H3/t17-/m0/s1. The normalized spacial score (nSPS) is 16.6. The minimum absolute atomic E-state index is 0.417. The van der Waals surface area contributed by atoms with E-state index >= 15 is 0 Å². The lowest BCUT2D eigenvalue weighted by Gasteiger charge is -2.30. The Balaban J connectivity index is 1.65. The Morgan fingerprint density at radius 1 is 1.20 bits per heavy atom. The van der Waals surface area contributed by atoms with Crippen molar-refractivity contribution in [3.8, 4) is 10.4 Å². The third kappa shape index (κ3) is 4.74. The average Bonchev–Trinajstić information content (AvgIpc) is 2.94. The van der Waals surface area contributed by atoms with E-state index in [-0.39, 0.29) is 0 Å². The fraction of sp³-hybridized carbons (Fsp3) is 0.455. The maximum absolute atomic E-state index is 4.29. The minimum Gasteiger partial charge on any atom is -0.381 e. The highest BCUT2D eigenvalue weighted by atomic mass is 32.1. The molecule has 0 aliphatic carbocycles. The van der Waals surface area contributed by atoms with Crippen LogP contribution < -0.4 is 5.32 Å². The number of piperidine rings is 1. The first-order chi connectivity index (χ1) is 12.0. The SMILES string of the molecule is C=C(N[C@@H](C)CN1CCCCC1)c1cccc(-c2sc(C)cc2C)c1. The molecule has 1 aliphatic heterocycles. The average molecular weight is 355 g/mol. The second-order valence-corrected chi connectivity index (χ2v) is 8.59. The number of rotatable bonds is 6. The molecule has 2 heterocycles. The molecular formula is C22H30N2S. The van der Waals surface area contributed by atoms with Crippen LogP contribution in [-0.2, 0) is 0 Å². The lowest BCUT2D eigenvalue weighted by molar-refractivity contribution is 0.214. The van der Waals surface area contributed by atoms with Crippen molar-refractivity contribution in [3.63, 3.8) is 0 Å². The van der Waals surface area contributed by atoms with Gasteiger partial charge in [0.1, 0.15) is 0 Å². The highest BCUT2D eigenvalue weighted by Crippen LogP contribution is 2.33. The van der Waals surface area contributed by atoms with Crippen molar-refractivity contribution in [2.45, 2.75) is 46.1 Å². The molecule has 2 nitrogen and oxygen atoms in total. The first-order valence-electron chi connectivity index (χ1n) is 9.38. The lowest BCUT2D eigenvalue weighted by atomic mass is 10.0. The van der Waals surface area contributed by atoms with Crippen LogP contribution in [0.4, 0.5) is 0 Å². The highest BCUT2D eigenvalue weighted by molar-refractivity contribution is 7.15. The van der Waals surface area contributed by atoms with E-state index in [1.165, 1.54) is 58.8 Å². The summed E-state index contributed by atoms with van der Waals surface area (Å²) in [6, 6.07) is 11.4. The van der Waals surface area contributed by atoms with Gasteiger partial charge in [0, 0.05) is 28.0 Å². The second kappa shape index (κ2) is 8.20. The molecule has 1 atom stereocenters. The van der Waals surface area contributed by atoms with Crippen molar-refractivity contribution < 1.29 is 0 Å². The summed E-state index contributed by atoms with van der Waals surface area (Å²) >= 11 is 1.87. The Morgan fingerprint density at radius 2 is 1.96 bits per heavy atom. The summed E-state index contributed by atoms with van der Waals surface area (Å²) < 4.78 is 0. The van der Waals surface area contributed by atoms with Crippen LogP contribution in [0.25, 0.3) is 16.1 Å². The molecule has 0 unspecified atom stereocenters. The van der Waals surface area contributed by atoms with Gasteiger partial charge in [0.05, 0.1) is 0 Å². The third-order valence-corrected chi connectivity index (χ3v) is 6.12. The molecule has 1 N–H and O–H groups in total. The summed E-state index contributed by atoms with van der Waals surface area (Å²) in [6.45, 7) is 14.5. The third-order valence-electron chi connectivity index (χ3n) is 4.92. The molecule has 1 aromatic heterocycles. The maximum Gasteiger partial charge on any atom is 0.0374 e. The van der Waals surface area contributed by atoms with Gasteiger partial charge in [-0.25, -0.2) is 0 Å². The van der Waals surface area contributed by atoms with Gasteiger partial charge in [0.15, 0.2) is 0 Å². The molecule has 0 bridgehead atoms.